The summed E-state index contributed by atoms with van der Waals surface area (Å²) < 4.78 is 0. The molecule has 1 aromatic heterocycles. The monoisotopic (exact) mass is 240 g/mol. The lowest BCUT2D eigenvalue weighted by Gasteiger charge is -2.30. The molecule has 0 saturated heterocycles. The third-order valence-corrected chi connectivity index (χ3v) is 3.57. The van der Waals surface area contributed by atoms with Crippen LogP contribution in [0.1, 0.15) is 24.3 Å². The molecule has 0 saturated carbocycles. The maximum absolute atomic E-state index is 11.5. The largest absolute Gasteiger partial charge is 0.477 e. The van der Waals surface area contributed by atoms with E-state index in [1.165, 1.54) is 11.8 Å². The number of nitrogens with one attached hydrogen (secondary N) is 1. The van der Waals surface area contributed by atoms with Crippen molar-refractivity contribution in [3.63, 3.8) is 0 Å². The molecular formula is C10H12N2O3S. The van der Waals surface area contributed by atoms with Crippen molar-refractivity contribution in [2.24, 2.45) is 0 Å². The van der Waals surface area contributed by atoms with E-state index in [0.717, 1.165) is 4.90 Å². The van der Waals surface area contributed by atoms with Crippen LogP contribution >= 0.6 is 11.8 Å². The van der Waals surface area contributed by atoms with E-state index in [4.69, 9.17) is 5.11 Å². The summed E-state index contributed by atoms with van der Waals surface area (Å²) >= 11 is 1.58. The van der Waals surface area contributed by atoms with E-state index in [-0.39, 0.29) is 16.9 Å². The van der Waals surface area contributed by atoms with Crippen molar-refractivity contribution >= 4 is 29.3 Å². The van der Waals surface area contributed by atoms with E-state index in [0.29, 0.717) is 12.2 Å². The molecule has 1 aliphatic rings. The highest BCUT2D eigenvalue weighted by Gasteiger charge is 2.30. The number of aromatic amines is 1. The molecular weight excluding hydrogens is 228 g/mol. The lowest BCUT2D eigenvalue weighted by molar-refractivity contribution is -0.116. The molecule has 2 heterocycles. The number of hydrogen-bond acceptors (Lipinski definition) is 3. The highest BCUT2D eigenvalue weighted by molar-refractivity contribution is 8.00. The number of carbonyl (C=O) groups is 2. The number of carboxylic acids is 1. The van der Waals surface area contributed by atoms with E-state index in [9.17, 15) is 9.59 Å². The van der Waals surface area contributed by atoms with Gasteiger partial charge in [0, 0.05) is 29.8 Å². The summed E-state index contributed by atoms with van der Waals surface area (Å²) in [6.07, 6.45) is 1.65. The number of amides is 1. The number of anilines is 1. The molecule has 0 aliphatic carbocycles. The molecule has 1 amide bonds. The Morgan fingerprint density at radius 1 is 1.62 bits per heavy atom. The molecule has 16 heavy (non-hydrogen) atoms. The first-order valence-corrected chi connectivity index (χ1v) is 5.78. The van der Waals surface area contributed by atoms with Gasteiger partial charge in [-0.15, -0.1) is 11.8 Å². The van der Waals surface area contributed by atoms with Crippen LogP contribution in [0.5, 0.6) is 0 Å². The van der Waals surface area contributed by atoms with Crippen molar-refractivity contribution in [1.82, 2.24) is 4.98 Å². The van der Waals surface area contributed by atoms with E-state index in [1.54, 1.807) is 18.0 Å². The van der Waals surface area contributed by atoms with Gasteiger partial charge >= 0.3 is 5.97 Å². The fraction of sp³-hybridized carbons (Fsp3) is 0.400. The van der Waals surface area contributed by atoms with Crippen molar-refractivity contribution < 1.29 is 14.7 Å². The third kappa shape index (κ3) is 1.69. The number of H-pyrrole nitrogens is 1. The van der Waals surface area contributed by atoms with Gasteiger partial charge in [0.25, 0.3) is 0 Å². The van der Waals surface area contributed by atoms with Gasteiger partial charge in [0.1, 0.15) is 5.69 Å². The Balaban J connectivity index is 2.52. The van der Waals surface area contributed by atoms with Crippen LogP contribution in [0.4, 0.5) is 5.69 Å². The summed E-state index contributed by atoms with van der Waals surface area (Å²) in [4.78, 5) is 27.6. The van der Waals surface area contributed by atoms with Gasteiger partial charge in [-0.3, -0.25) is 4.79 Å². The average Bonchev–Trinajstić information content (AvgIpc) is 2.59. The molecule has 0 radical (unpaired) electrons. The van der Waals surface area contributed by atoms with Crippen LogP contribution in [0, 0.1) is 0 Å². The van der Waals surface area contributed by atoms with Crippen molar-refractivity contribution in [2.45, 2.75) is 24.0 Å². The van der Waals surface area contributed by atoms with Crippen molar-refractivity contribution in [3.8, 4) is 0 Å². The first kappa shape index (κ1) is 11.1. The molecule has 1 aliphatic heterocycles. The summed E-state index contributed by atoms with van der Waals surface area (Å²) in [5.41, 5.74) is 0.590. The first-order chi connectivity index (χ1) is 7.50. The van der Waals surface area contributed by atoms with Gasteiger partial charge in [-0.25, -0.2) is 4.79 Å². The van der Waals surface area contributed by atoms with Gasteiger partial charge in [-0.2, -0.15) is 0 Å². The van der Waals surface area contributed by atoms with E-state index >= 15 is 0 Å². The minimum Gasteiger partial charge on any atom is -0.477 e. The Morgan fingerprint density at radius 3 is 2.88 bits per heavy atom. The summed E-state index contributed by atoms with van der Waals surface area (Å²) in [7, 11) is 0. The molecule has 0 fully saturated rings. The van der Waals surface area contributed by atoms with Crippen LogP contribution in [-0.4, -0.2) is 33.8 Å². The predicted molar refractivity (Wildman–Crippen MR) is 61.1 cm³/mol. The fourth-order valence-electron chi connectivity index (χ4n) is 1.81. The second-order valence-electron chi connectivity index (χ2n) is 3.74. The number of hydrogen-bond donors (Lipinski definition) is 2. The molecule has 1 aromatic rings. The topological polar surface area (TPSA) is 73.4 Å². The number of aromatic carboxylic acids is 1. The Bertz CT molecular complexity index is 455. The number of carboxylic acid groups (broad SMARTS) is 1. The molecule has 1 unspecified atom stereocenters. The van der Waals surface area contributed by atoms with Gasteiger partial charge in [0.05, 0.1) is 5.69 Å². The molecule has 5 nitrogen and oxygen atoms in total. The number of thioether (sulfide) groups is 1. The molecule has 6 heteroatoms. The molecule has 0 aromatic carbocycles. The summed E-state index contributed by atoms with van der Waals surface area (Å²) in [6, 6.07) is 0. The van der Waals surface area contributed by atoms with E-state index in [1.807, 2.05) is 6.92 Å². The SMILES string of the molecule is CC(=O)N1CC(C)Sc2c[nH]c(C(=O)O)c21. The van der Waals surface area contributed by atoms with Crippen LogP contribution in [0.25, 0.3) is 0 Å². The van der Waals surface area contributed by atoms with Crippen LogP contribution < -0.4 is 4.90 Å². The number of rotatable bonds is 1. The fourth-order valence-corrected chi connectivity index (χ4v) is 2.91. The van der Waals surface area contributed by atoms with E-state index in [2.05, 4.69) is 4.98 Å². The second-order valence-corrected chi connectivity index (χ2v) is 5.22. The normalized spacial score (nSPS) is 19.4. The number of carbonyl (C=O) groups excluding carboxylic acids is 1. The summed E-state index contributed by atoms with van der Waals surface area (Å²) in [5.74, 6) is -1.17. The Kier molecular flexibility index (Phi) is 2.67. The minimum absolute atomic E-state index is 0.0876. The standard InChI is InChI=1S/C10H12N2O3S/c1-5-4-12(6(2)13)9-7(16-5)3-11-8(9)10(14)15/h3,5,11H,4H2,1-2H3,(H,14,15). The summed E-state index contributed by atoms with van der Waals surface area (Å²) in [5, 5.41) is 9.29. The number of aromatic nitrogens is 1. The molecule has 0 spiro atoms. The van der Waals surface area contributed by atoms with Gasteiger partial charge in [-0.05, 0) is 0 Å². The molecule has 0 bridgehead atoms. The lowest BCUT2D eigenvalue weighted by Crippen LogP contribution is -2.37. The highest BCUT2D eigenvalue weighted by atomic mass is 32.2. The highest BCUT2D eigenvalue weighted by Crippen LogP contribution is 2.40. The first-order valence-electron chi connectivity index (χ1n) is 4.90. The Hall–Kier alpha value is -1.43. The molecule has 2 N–H and O–H groups in total. The minimum atomic E-state index is -1.04. The van der Waals surface area contributed by atoms with Crippen molar-refractivity contribution in [3.05, 3.63) is 11.9 Å². The predicted octanol–water partition coefficient (Wildman–Crippen LogP) is 1.56. The summed E-state index contributed by atoms with van der Waals surface area (Å²) in [6.45, 7) is 4.01. The zero-order valence-corrected chi connectivity index (χ0v) is 9.80. The van der Waals surface area contributed by atoms with Crippen LogP contribution in [0.3, 0.4) is 0 Å². The van der Waals surface area contributed by atoms with Crippen LogP contribution in [-0.2, 0) is 4.79 Å². The third-order valence-electron chi connectivity index (χ3n) is 2.45. The van der Waals surface area contributed by atoms with Crippen molar-refractivity contribution in [2.75, 3.05) is 11.4 Å². The maximum atomic E-state index is 11.5. The number of nitrogens with zero attached hydrogens (tertiary/aromatic N) is 1. The zero-order valence-electron chi connectivity index (χ0n) is 8.98. The van der Waals surface area contributed by atoms with E-state index < -0.39 is 5.97 Å². The van der Waals surface area contributed by atoms with Gasteiger partial charge in [0.15, 0.2) is 0 Å². The Morgan fingerprint density at radius 2 is 2.31 bits per heavy atom. The van der Waals surface area contributed by atoms with Crippen LogP contribution in [0.15, 0.2) is 11.1 Å². The lowest BCUT2D eigenvalue weighted by atomic mass is 10.2. The number of fused-ring (bicyclic) bond motifs is 1. The van der Waals surface area contributed by atoms with Crippen LogP contribution in [0.2, 0.25) is 0 Å². The Labute approximate surface area is 96.8 Å². The quantitative estimate of drug-likeness (QED) is 0.781. The molecule has 86 valence electrons. The van der Waals surface area contributed by atoms with Gasteiger partial charge in [-0.1, -0.05) is 6.92 Å². The van der Waals surface area contributed by atoms with Gasteiger partial charge in [0.2, 0.25) is 5.91 Å². The molecule has 1 atom stereocenters. The smallest absolute Gasteiger partial charge is 0.354 e. The maximum Gasteiger partial charge on any atom is 0.354 e. The second kappa shape index (κ2) is 3.86. The van der Waals surface area contributed by atoms with Crippen molar-refractivity contribution in [1.29, 1.82) is 0 Å². The average molecular weight is 240 g/mol. The molecule has 2 rings (SSSR count). The zero-order chi connectivity index (χ0) is 11.9. The van der Waals surface area contributed by atoms with Gasteiger partial charge < -0.3 is 15.0 Å².